The molecule has 0 aliphatic heterocycles. The minimum Gasteiger partial charge on any atom is -0.297 e. The topological polar surface area (TPSA) is 50.2 Å². The van der Waals surface area contributed by atoms with Crippen LogP contribution in [0.2, 0.25) is 0 Å². The Balaban J connectivity index is 2.15. The standard InChI is InChI=1S/C16H17N3O/c1-3-13-10-17-19-15(13)18-11(2)14(16(19)20)9-12-7-5-4-6-8-12/h4-8,10,17H,3,9H2,1-2H3. The van der Waals surface area contributed by atoms with E-state index < -0.39 is 0 Å². The first-order valence-corrected chi connectivity index (χ1v) is 6.83. The van der Waals surface area contributed by atoms with Crippen molar-refractivity contribution in [3.63, 3.8) is 0 Å². The molecule has 0 aliphatic rings. The zero-order valence-corrected chi connectivity index (χ0v) is 11.7. The van der Waals surface area contributed by atoms with Crippen molar-refractivity contribution in [2.75, 3.05) is 0 Å². The Morgan fingerprint density at radius 3 is 2.70 bits per heavy atom. The van der Waals surface area contributed by atoms with Gasteiger partial charge in [-0.1, -0.05) is 37.3 Å². The van der Waals surface area contributed by atoms with Crippen LogP contribution >= 0.6 is 0 Å². The average Bonchev–Trinajstić information content (AvgIpc) is 2.87. The summed E-state index contributed by atoms with van der Waals surface area (Å²) < 4.78 is 1.55. The maximum atomic E-state index is 12.6. The Labute approximate surface area is 117 Å². The number of rotatable bonds is 3. The lowest BCUT2D eigenvalue weighted by molar-refractivity contribution is 0.859. The highest BCUT2D eigenvalue weighted by molar-refractivity contribution is 5.48. The molecule has 1 aromatic carbocycles. The first kappa shape index (κ1) is 12.7. The lowest BCUT2D eigenvalue weighted by Gasteiger charge is -2.06. The summed E-state index contributed by atoms with van der Waals surface area (Å²) in [6.07, 6.45) is 3.33. The van der Waals surface area contributed by atoms with Crippen molar-refractivity contribution in [3.05, 3.63) is 69.3 Å². The van der Waals surface area contributed by atoms with Gasteiger partial charge in [-0.3, -0.25) is 9.89 Å². The summed E-state index contributed by atoms with van der Waals surface area (Å²) >= 11 is 0. The van der Waals surface area contributed by atoms with E-state index in [-0.39, 0.29) is 5.56 Å². The number of benzene rings is 1. The number of nitrogens with one attached hydrogen (secondary N) is 1. The molecule has 1 N–H and O–H groups in total. The molecule has 0 saturated carbocycles. The normalized spacial score (nSPS) is 11.1. The van der Waals surface area contributed by atoms with Crippen molar-refractivity contribution in [1.29, 1.82) is 0 Å². The van der Waals surface area contributed by atoms with Crippen LogP contribution in [-0.4, -0.2) is 14.6 Å². The van der Waals surface area contributed by atoms with E-state index in [1.54, 1.807) is 4.52 Å². The van der Waals surface area contributed by atoms with Crippen molar-refractivity contribution in [2.24, 2.45) is 0 Å². The minimum atomic E-state index is -0.00365. The van der Waals surface area contributed by atoms with Crippen LogP contribution < -0.4 is 5.56 Å². The molecule has 3 aromatic rings. The zero-order valence-electron chi connectivity index (χ0n) is 11.7. The summed E-state index contributed by atoms with van der Waals surface area (Å²) in [6, 6.07) is 10.00. The van der Waals surface area contributed by atoms with E-state index in [2.05, 4.69) is 17.0 Å². The molecule has 4 heteroatoms. The number of aryl methyl sites for hydroxylation is 2. The number of H-pyrrole nitrogens is 1. The fraction of sp³-hybridized carbons (Fsp3) is 0.250. The Morgan fingerprint density at radius 2 is 2.00 bits per heavy atom. The third-order valence-corrected chi connectivity index (χ3v) is 3.64. The SMILES string of the molecule is CCc1c[nH]n2c(=O)c(Cc3ccccc3)c(C)nc12. The highest BCUT2D eigenvalue weighted by Gasteiger charge is 2.13. The molecular weight excluding hydrogens is 250 g/mol. The molecule has 0 amide bonds. The van der Waals surface area contributed by atoms with E-state index >= 15 is 0 Å². The van der Waals surface area contributed by atoms with E-state index in [1.807, 2.05) is 43.5 Å². The van der Waals surface area contributed by atoms with Gasteiger partial charge in [0.2, 0.25) is 0 Å². The summed E-state index contributed by atoms with van der Waals surface area (Å²) in [4.78, 5) is 17.2. The molecule has 0 unspecified atom stereocenters. The Bertz CT molecular complexity index is 800. The number of hydrogen-bond donors (Lipinski definition) is 1. The number of aromatic nitrogens is 3. The average molecular weight is 267 g/mol. The van der Waals surface area contributed by atoms with E-state index in [0.717, 1.165) is 34.5 Å². The Morgan fingerprint density at radius 1 is 1.25 bits per heavy atom. The van der Waals surface area contributed by atoms with E-state index in [4.69, 9.17) is 0 Å². The molecule has 0 spiro atoms. The molecule has 0 saturated heterocycles. The van der Waals surface area contributed by atoms with Gasteiger partial charge in [-0.25, -0.2) is 9.50 Å². The second-order valence-corrected chi connectivity index (χ2v) is 4.95. The predicted molar refractivity (Wildman–Crippen MR) is 79.2 cm³/mol. The van der Waals surface area contributed by atoms with Crippen LogP contribution in [-0.2, 0) is 12.8 Å². The first-order valence-electron chi connectivity index (χ1n) is 6.83. The molecule has 2 aromatic heterocycles. The molecule has 0 bridgehead atoms. The van der Waals surface area contributed by atoms with Gasteiger partial charge in [-0.2, -0.15) is 0 Å². The van der Waals surface area contributed by atoms with Crippen LogP contribution in [0.1, 0.15) is 29.3 Å². The van der Waals surface area contributed by atoms with Gasteiger partial charge in [-0.05, 0) is 18.9 Å². The minimum absolute atomic E-state index is 0.00365. The highest BCUT2D eigenvalue weighted by Crippen LogP contribution is 2.12. The third kappa shape index (κ3) is 2.03. The fourth-order valence-corrected chi connectivity index (χ4v) is 2.47. The highest BCUT2D eigenvalue weighted by atomic mass is 16.1. The van der Waals surface area contributed by atoms with Crippen molar-refractivity contribution in [3.8, 4) is 0 Å². The van der Waals surface area contributed by atoms with Crippen molar-refractivity contribution < 1.29 is 0 Å². The molecule has 0 radical (unpaired) electrons. The maximum absolute atomic E-state index is 12.6. The maximum Gasteiger partial charge on any atom is 0.276 e. The van der Waals surface area contributed by atoms with Crippen LogP contribution in [0.5, 0.6) is 0 Å². The van der Waals surface area contributed by atoms with Crippen LogP contribution in [0.4, 0.5) is 0 Å². The van der Waals surface area contributed by atoms with Gasteiger partial charge in [0.05, 0.1) is 0 Å². The van der Waals surface area contributed by atoms with Gasteiger partial charge in [-0.15, -0.1) is 0 Å². The molecule has 0 aliphatic carbocycles. The van der Waals surface area contributed by atoms with E-state index in [9.17, 15) is 4.79 Å². The molecule has 0 atom stereocenters. The number of nitrogens with zero attached hydrogens (tertiary/aromatic N) is 2. The Hall–Kier alpha value is -2.36. The molecule has 4 nitrogen and oxygen atoms in total. The molecule has 2 heterocycles. The molecule has 3 rings (SSSR count). The number of aromatic amines is 1. The van der Waals surface area contributed by atoms with Gasteiger partial charge < -0.3 is 0 Å². The zero-order chi connectivity index (χ0) is 14.1. The lowest BCUT2D eigenvalue weighted by atomic mass is 10.1. The van der Waals surface area contributed by atoms with Gasteiger partial charge in [0.1, 0.15) is 0 Å². The summed E-state index contributed by atoms with van der Waals surface area (Å²) in [5, 5.41) is 3.00. The Kier molecular flexibility index (Phi) is 3.14. The van der Waals surface area contributed by atoms with Crippen LogP contribution in [0, 0.1) is 6.92 Å². The first-order chi connectivity index (χ1) is 9.70. The third-order valence-electron chi connectivity index (χ3n) is 3.64. The van der Waals surface area contributed by atoms with Crippen LogP contribution in [0.25, 0.3) is 5.65 Å². The fourth-order valence-electron chi connectivity index (χ4n) is 2.47. The van der Waals surface area contributed by atoms with Crippen molar-refractivity contribution in [1.82, 2.24) is 14.6 Å². The van der Waals surface area contributed by atoms with Gasteiger partial charge in [0, 0.05) is 29.4 Å². The second-order valence-electron chi connectivity index (χ2n) is 4.95. The molecular formula is C16H17N3O. The smallest absolute Gasteiger partial charge is 0.276 e. The van der Waals surface area contributed by atoms with E-state index in [0.29, 0.717) is 6.42 Å². The molecule has 0 fully saturated rings. The summed E-state index contributed by atoms with van der Waals surface area (Å²) in [7, 11) is 0. The van der Waals surface area contributed by atoms with Gasteiger partial charge in [0.15, 0.2) is 5.65 Å². The van der Waals surface area contributed by atoms with Gasteiger partial charge >= 0.3 is 0 Å². The van der Waals surface area contributed by atoms with Gasteiger partial charge in [0.25, 0.3) is 5.56 Å². The van der Waals surface area contributed by atoms with Crippen LogP contribution in [0.15, 0.2) is 41.3 Å². The van der Waals surface area contributed by atoms with Crippen molar-refractivity contribution >= 4 is 5.65 Å². The molecule has 102 valence electrons. The number of hydrogen-bond acceptors (Lipinski definition) is 2. The van der Waals surface area contributed by atoms with Crippen LogP contribution in [0.3, 0.4) is 0 Å². The summed E-state index contributed by atoms with van der Waals surface area (Å²) in [5.41, 5.74) is 4.49. The monoisotopic (exact) mass is 267 g/mol. The predicted octanol–water partition coefficient (Wildman–Crippen LogP) is 2.48. The second kappa shape index (κ2) is 4.96. The largest absolute Gasteiger partial charge is 0.297 e. The molecule has 20 heavy (non-hydrogen) atoms. The summed E-state index contributed by atoms with van der Waals surface area (Å²) in [5.74, 6) is 0. The van der Waals surface area contributed by atoms with Crippen molar-refractivity contribution in [2.45, 2.75) is 26.7 Å². The summed E-state index contributed by atoms with van der Waals surface area (Å²) in [6.45, 7) is 3.97. The number of fused-ring (bicyclic) bond motifs is 1. The van der Waals surface area contributed by atoms with E-state index in [1.165, 1.54) is 0 Å². The quantitative estimate of drug-likeness (QED) is 0.792. The lowest BCUT2D eigenvalue weighted by Crippen LogP contribution is -2.22.